The molecule has 1 aromatic heterocycles. The molecule has 0 aliphatic carbocycles. The highest BCUT2D eigenvalue weighted by Gasteiger charge is 2.31. The number of rotatable bonds is 4. The molecule has 0 saturated carbocycles. The molecule has 0 bridgehead atoms. The first-order valence-corrected chi connectivity index (χ1v) is 8.89. The lowest BCUT2D eigenvalue weighted by molar-refractivity contribution is 0.0916. The third kappa shape index (κ3) is 2.95. The van der Waals surface area contributed by atoms with Gasteiger partial charge in [0, 0.05) is 6.54 Å². The summed E-state index contributed by atoms with van der Waals surface area (Å²) in [7, 11) is -3.83. The van der Waals surface area contributed by atoms with Gasteiger partial charge >= 0.3 is 0 Å². The van der Waals surface area contributed by atoms with Crippen LogP contribution in [0, 0.1) is 12.7 Å². The molecule has 0 amide bonds. The summed E-state index contributed by atoms with van der Waals surface area (Å²) in [5, 5.41) is 22.8. The van der Waals surface area contributed by atoms with Crippen LogP contribution in [0.15, 0.2) is 29.2 Å². The SMILES string of the molecule is Cc1ccc(F)cc1S(=O)(=O)N1CCn2nc([C@@H](O)CO)cc2C1. The van der Waals surface area contributed by atoms with Crippen molar-refractivity contribution in [3.63, 3.8) is 0 Å². The number of hydrogen-bond acceptors (Lipinski definition) is 5. The number of aromatic nitrogens is 2. The highest BCUT2D eigenvalue weighted by Crippen LogP contribution is 2.26. The van der Waals surface area contributed by atoms with E-state index >= 15 is 0 Å². The fourth-order valence-electron chi connectivity index (χ4n) is 2.72. The number of nitrogens with zero attached hydrogens (tertiary/aromatic N) is 3. The predicted molar refractivity (Wildman–Crippen MR) is 83.0 cm³/mol. The number of fused-ring (bicyclic) bond motifs is 1. The first-order chi connectivity index (χ1) is 11.3. The summed E-state index contributed by atoms with van der Waals surface area (Å²) < 4.78 is 42.0. The van der Waals surface area contributed by atoms with Gasteiger partial charge < -0.3 is 10.2 Å². The molecule has 0 spiro atoms. The summed E-state index contributed by atoms with van der Waals surface area (Å²) in [6.45, 7) is 1.75. The van der Waals surface area contributed by atoms with Crippen LogP contribution < -0.4 is 0 Å². The van der Waals surface area contributed by atoms with Gasteiger partial charge in [-0.2, -0.15) is 9.40 Å². The fourth-order valence-corrected chi connectivity index (χ4v) is 4.36. The van der Waals surface area contributed by atoms with Gasteiger partial charge in [0.2, 0.25) is 10.0 Å². The van der Waals surface area contributed by atoms with Crippen LogP contribution in [0.1, 0.15) is 23.1 Å². The Labute approximate surface area is 139 Å². The van der Waals surface area contributed by atoms with Gasteiger partial charge in [-0.05, 0) is 30.7 Å². The number of aliphatic hydroxyl groups excluding tert-OH is 2. The number of halogens is 1. The summed E-state index contributed by atoms with van der Waals surface area (Å²) in [5.41, 5.74) is 1.39. The molecular weight excluding hydrogens is 337 g/mol. The summed E-state index contributed by atoms with van der Waals surface area (Å²) >= 11 is 0. The van der Waals surface area contributed by atoms with Gasteiger partial charge in [-0.1, -0.05) is 6.07 Å². The Morgan fingerprint density at radius 1 is 1.33 bits per heavy atom. The van der Waals surface area contributed by atoms with Crippen LogP contribution in [0.5, 0.6) is 0 Å². The molecule has 0 fully saturated rings. The van der Waals surface area contributed by atoms with E-state index in [1.807, 2.05) is 0 Å². The second kappa shape index (κ2) is 6.25. The lowest BCUT2D eigenvalue weighted by atomic mass is 10.2. The normalized spacial score (nSPS) is 16.8. The van der Waals surface area contributed by atoms with E-state index in [0.29, 0.717) is 23.5 Å². The molecule has 130 valence electrons. The van der Waals surface area contributed by atoms with Crippen molar-refractivity contribution in [3.05, 3.63) is 47.0 Å². The van der Waals surface area contributed by atoms with E-state index in [1.54, 1.807) is 17.7 Å². The number of aliphatic hydroxyl groups is 2. The Bertz CT molecular complexity index is 866. The third-order valence-corrected chi connectivity index (χ3v) is 6.05. The lowest BCUT2D eigenvalue weighted by Crippen LogP contribution is -2.38. The average Bonchev–Trinajstić information content (AvgIpc) is 2.99. The maximum absolute atomic E-state index is 13.5. The number of aryl methyl sites for hydroxylation is 1. The molecule has 2 N–H and O–H groups in total. The molecule has 1 aromatic carbocycles. The summed E-state index contributed by atoms with van der Waals surface area (Å²) in [6.07, 6.45) is -1.10. The second-order valence-electron chi connectivity index (χ2n) is 5.73. The number of benzene rings is 1. The van der Waals surface area contributed by atoms with E-state index in [1.165, 1.54) is 16.4 Å². The minimum Gasteiger partial charge on any atom is -0.393 e. The Morgan fingerprint density at radius 3 is 2.79 bits per heavy atom. The summed E-state index contributed by atoms with van der Waals surface area (Å²) in [4.78, 5) is -0.0499. The maximum Gasteiger partial charge on any atom is 0.243 e. The molecule has 3 rings (SSSR count). The quantitative estimate of drug-likeness (QED) is 0.836. The topological polar surface area (TPSA) is 95.7 Å². The predicted octanol–water partition coefficient (Wildman–Crippen LogP) is 0.561. The molecule has 7 nitrogen and oxygen atoms in total. The van der Waals surface area contributed by atoms with Gasteiger partial charge in [-0.3, -0.25) is 4.68 Å². The van der Waals surface area contributed by atoms with Crippen molar-refractivity contribution in [3.8, 4) is 0 Å². The van der Waals surface area contributed by atoms with Crippen molar-refractivity contribution in [2.75, 3.05) is 13.2 Å². The molecule has 2 aromatic rings. The van der Waals surface area contributed by atoms with Gasteiger partial charge in [-0.25, -0.2) is 12.8 Å². The average molecular weight is 355 g/mol. The van der Waals surface area contributed by atoms with Crippen LogP contribution in [0.25, 0.3) is 0 Å². The number of sulfonamides is 1. The van der Waals surface area contributed by atoms with E-state index in [9.17, 15) is 17.9 Å². The van der Waals surface area contributed by atoms with Crippen LogP contribution in [-0.4, -0.2) is 45.9 Å². The molecule has 0 radical (unpaired) electrons. The van der Waals surface area contributed by atoms with Crippen molar-refractivity contribution in [1.29, 1.82) is 0 Å². The zero-order chi connectivity index (χ0) is 17.5. The van der Waals surface area contributed by atoms with E-state index in [2.05, 4.69) is 5.10 Å². The third-order valence-electron chi connectivity index (χ3n) is 4.06. The van der Waals surface area contributed by atoms with Crippen molar-refractivity contribution in [2.45, 2.75) is 31.0 Å². The largest absolute Gasteiger partial charge is 0.393 e. The van der Waals surface area contributed by atoms with Crippen LogP contribution in [0.3, 0.4) is 0 Å². The molecule has 2 heterocycles. The molecular formula is C15H18FN3O4S. The number of hydrogen-bond donors (Lipinski definition) is 2. The molecule has 0 unspecified atom stereocenters. The highest BCUT2D eigenvalue weighted by molar-refractivity contribution is 7.89. The Balaban J connectivity index is 1.92. The van der Waals surface area contributed by atoms with Crippen LogP contribution in [0.2, 0.25) is 0 Å². The molecule has 1 aliphatic rings. The van der Waals surface area contributed by atoms with Gasteiger partial charge in [-0.15, -0.1) is 0 Å². The summed E-state index contributed by atoms with van der Waals surface area (Å²) in [5.74, 6) is -0.602. The van der Waals surface area contributed by atoms with Gasteiger partial charge in [0.1, 0.15) is 11.9 Å². The van der Waals surface area contributed by atoms with E-state index in [0.717, 1.165) is 6.07 Å². The second-order valence-corrected chi connectivity index (χ2v) is 7.64. The van der Waals surface area contributed by atoms with Crippen molar-refractivity contribution < 1.29 is 23.0 Å². The zero-order valence-corrected chi connectivity index (χ0v) is 13.9. The van der Waals surface area contributed by atoms with E-state index < -0.39 is 28.6 Å². The molecule has 9 heteroatoms. The minimum absolute atomic E-state index is 0.0499. The minimum atomic E-state index is -3.83. The van der Waals surface area contributed by atoms with Crippen molar-refractivity contribution in [2.24, 2.45) is 0 Å². The molecule has 24 heavy (non-hydrogen) atoms. The molecule has 0 saturated heterocycles. The van der Waals surface area contributed by atoms with Crippen LogP contribution in [-0.2, 0) is 23.1 Å². The standard InChI is InChI=1S/C15H18FN3O4S/c1-10-2-3-11(16)6-15(10)24(22,23)18-4-5-19-12(8-18)7-13(17-19)14(21)9-20/h2-3,6-7,14,20-21H,4-5,8-9H2,1H3/t14-/m0/s1. The van der Waals surface area contributed by atoms with Crippen molar-refractivity contribution in [1.82, 2.24) is 14.1 Å². The van der Waals surface area contributed by atoms with Gasteiger partial charge in [0.05, 0.1) is 36.0 Å². The van der Waals surface area contributed by atoms with Gasteiger partial charge in [0.25, 0.3) is 0 Å². The van der Waals surface area contributed by atoms with E-state index in [-0.39, 0.29) is 18.0 Å². The summed E-state index contributed by atoms with van der Waals surface area (Å²) in [6, 6.07) is 5.26. The lowest BCUT2D eigenvalue weighted by Gasteiger charge is -2.27. The first-order valence-electron chi connectivity index (χ1n) is 7.45. The Morgan fingerprint density at radius 2 is 2.08 bits per heavy atom. The molecule has 1 atom stereocenters. The van der Waals surface area contributed by atoms with Crippen LogP contribution >= 0.6 is 0 Å². The zero-order valence-electron chi connectivity index (χ0n) is 13.1. The van der Waals surface area contributed by atoms with Crippen molar-refractivity contribution >= 4 is 10.0 Å². The fraction of sp³-hybridized carbons (Fsp3) is 0.400. The Hall–Kier alpha value is -1.81. The highest BCUT2D eigenvalue weighted by atomic mass is 32.2. The van der Waals surface area contributed by atoms with Gasteiger partial charge in [0.15, 0.2) is 0 Å². The smallest absolute Gasteiger partial charge is 0.243 e. The monoisotopic (exact) mass is 355 g/mol. The molecule has 1 aliphatic heterocycles. The van der Waals surface area contributed by atoms with Crippen LogP contribution in [0.4, 0.5) is 4.39 Å². The van der Waals surface area contributed by atoms with E-state index in [4.69, 9.17) is 5.11 Å². The Kier molecular flexibility index (Phi) is 4.43. The maximum atomic E-state index is 13.5. The first kappa shape index (κ1) is 17.0.